The molecule has 152 valence electrons. The van der Waals surface area contributed by atoms with Crippen molar-refractivity contribution < 1.29 is 14.3 Å². The number of benzene rings is 1. The lowest BCUT2D eigenvalue weighted by atomic mass is 9.94. The zero-order chi connectivity index (χ0) is 20.0. The maximum Gasteiger partial charge on any atom is 0.196 e. The highest BCUT2D eigenvalue weighted by Crippen LogP contribution is 2.20. The first-order valence-corrected chi connectivity index (χ1v) is 10.9. The highest BCUT2D eigenvalue weighted by atomic mass is 16.5. The fraction of sp³-hybridized carbons (Fsp3) is 0.520. The second-order valence-corrected chi connectivity index (χ2v) is 7.54. The number of hydrogen-bond donors (Lipinski definition) is 0. The molecule has 0 saturated heterocycles. The van der Waals surface area contributed by atoms with Gasteiger partial charge in [-0.1, -0.05) is 95.0 Å². The summed E-state index contributed by atoms with van der Waals surface area (Å²) in [4.78, 5) is 24.7. The second kappa shape index (κ2) is 13.1. The third kappa shape index (κ3) is 7.84. The number of carbonyl (C=O) groups is 2. The Morgan fingerprint density at radius 2 is 1.46 bits per heavy atom. The number of allylic oxidation sites excluding steroid dienone is 4. The maximum absolute atomic E-state index is 12.4. The van der Waals surface area contributed by atoms with E-state index in [1.807, 2.05) is 6.07 Å². The summed E-state index contributed by atoms with van der Waals surface area (Å²) in [6, 6.07) is 8.93. The van der Waals surface area contributed by atoms with Gasteiger partial charge >= 0.3 is 0 Å². The molecule has 0 fully saturated rings. The largest absolute Gasteiger partial charge is 0.497 e. The van der Waals surface area contributed by atoms with Crippen molar-refractivity contribution in [3.63, 3.8) is 0 Å². The molecule has 0 N–H and O–H groups in total. The van der Waals surface area contributed by atoms with E-state index in [2.05, 4.69) is 6.92 Å². The Labute approximate surface area is 169 Å². The van der Waals surface area contributed by atoms with Gasteiger partial charge in [-0.2, -0.15) is 0 Å². The lowest BCUT2D eigenvalue weighted by Crippen LogP contribution is -2.17. The second-order valence-electron chi connectivity index (χ2n) is 7.54. The third-order valence-corrected chi connectivity index (χ3v) is 5.14. The quantitative estimate of drug-likeness (QED) is 0.207. The van der Waals surface area contributed by atoms with E-state index >= 15 is 0 Å². The molecule has 0 unspecified atom stereocenters. The maximum atomic E-state index is 12.4. The highest BCUT2D eigenvalue weighted by Gasteiger charge is 2.23. The van der Waals surface area contributed by atoms with Gasteiger partial charge in [-0.15, -0.1) is 0 Å². The van der Waals surface area contributed by atoms with Gasteiger partial charge in [0.2, 0.25) is 0 Å². The van der Waals surface area contributed by atoms with E-state index in [0.29, 0.717) is 17.9 Å². The van der Waals surface area contributed by atoms with Crippen molar-refractivity contribution in [2.45, 2.75) is 77.6 Å². The molecule has 0 amide bonds. The smallest absolute Gasteiger partial charge is 0.196 e. The molecule has 0 aliphatic heterocycles. The first kappa shape index (κ1) is 22.1. The number of ketones is 2. The van der Waals surface area contributed by atoms with Crippen molar-refractivity contribution >= 4 is 11.6 Å². The average Bonchev–Trinajstić information content (AvgIpc) is 2.72. The van der Waals surface area contributed by atoms with E-state index in [0.717, 1.165) is 6.42 Å². The molecule has 2 rings (SSSR count). The molecule has 0 aromatic heterocycles. The molecule has 28 heavy (non-hydrogen) atoms. The minimum absolute atomic E-state index is 0.158. The Hall–Kier alpha value is -2.16. The fourth-order valence-corrected chi connectivity index (χ4v) is 3.42. The number of rotatable bonds is 14. The van der Waals surface area contributed by atoms with Gasteiger partial charge in [0.15, 0.2) is 11.6 Å². The average molecular weight is 383 g/mol. The first-order valence-electron chi connectivity index (χ1n) is 10.9. The molecule has 1 aliphatic carbocycles. The predicted molar refractivity (Wildman–Crippen MR) is 114 cm³/mol. The van der Waals surface area contributed by atoms with E-state index in [9.17, 15) is 9.59 Å². The van der Waals surface area contributed by atoms with Gasteiger partial charge in [-0.3, -0.25) is 9.59 Å². The summed E-state index contributed by atoms with van der Waals surface area (Å²) in [5.74, 6) is 0.301. The molecule has 1 aliphatic rings. The van der Waals surface area contributed by atoms with Gasteiger partial charge in [0, 0.05) is 5.56 Å². The van der Waals surface area contributed by atoms with Crippen LogP contribution in [0.4, 0.5) is 0 Å². The van der Waals surface area contributed by atoms with Crippen LogP contribution in [0.5, 0.6) is 0 Å². The molecule has 0 atom stereocenters. The molecular formula is C25H34O3. The standard InChI is InChI=1S/C25H34O3/c1-2-3-4-5-6-7-8-9-10-14-19-28-22-17-18-23(24(26)20-22)25(27)21-15-12-11-13-16-21/h11-13,15-18H,2-10,14,19-20H2,1H3. The van der Waals surface area contributed by atoms with Crippen LogP contribution in [0.1, 0.15) is 87.9 Å². The summed E-state index contributed by atoms with van der Waals surface area (Å²) < 4.78 is 5.74. The molecule has 0 heterocycles. The number of carbonyl (C=O) groups excluding carboxylic acids is 2. The number of ether oxygens (including phenoxy) is 1. The Balaban J connectivity index is 1.61. The van der Waals surface area contributed by atoms with E-state index in [1.165, 1.54) is 57.8 Å². The van der Waals surface area contributed by atoms with Crippen LogP contribution in [-0.4, -0.2) is 18.2 Å². The minimum Gasteiger partial charge on any atom is -0.497 e. The molecule has 0 bridgehead atoms. The molecular weight excluding hydrogens is 348 g/mol. The van der Waals surface area contributed by atoms with Gasteiger partial charge in [-0.25, -0.2) is 0 Å². The van der Waals surface area contributed by atoms with Gasteiger partial charge in [-0.05, 0) is 18.6 Å². The summed E-state index contributed by atoms with van der Waals surface area (Å²) in [6.45, 7) is 2.90. The third-order valence-electron chi connectivity index (χ3n) is 5.14. The van der Waals surface area contributed by atoms with Crippen LogP contribution in [0, 0.1) is 0 Å². The fourth-order valence-electron chi connectivity index (χ4n) is 3.42. The van der Waals surface area contributed by atoms with Crippen LogP contribution >= 0.6 is 0 Å². The molecule has 1 aromatic carbocycles. The van der Waals surface area contributed by atoms with Crippen molar-refractivity contribution in [2.24, 2.45) is 0 Å². The van der Waals surface area contributed by atoms with Crippen molar-refractivity contribution in [3.8, 4) is 0 Å². The zero-order valence-corrected chi connectivity index (χ0v) is 17.3. The summed E-state index contributed by atoms with van der Waals surface area (Å²) >= 11 is 0. The Morgan fingerprint density at radius 1 is 0.857 bits per heavy atom. The molecule has 3 nitrogen and oxygen atoms in total. The van der Waals surface area contributed by atoms with Gasteiger partial charge in [0.1, 0.15) is 5.76 Å². The van der Waals surface area contributed by atoms with Crippen molar-refractivity contribution in [1.29, 1.82) is 0 Å². The van der Waals surface area contributed by atoms with E-state index in [1.54, 1.807) is 36.4 Å². The van der Waals surface area contributed by atoms with Crippen LogP contribution in [-0.2, 0) is 9.53 Å². The van der Waals surface area contributed by atoms with Crippen LogP contribution in [0.15, 0.2) is 53.8 Å². The van der Waals surface area contributed by atoms with Crippen LogP contribution < -0.4 is 0 Å². The van der Waals surface area contributed by atoms with Crippen molar-refractivity contribution in [1.82, 2.24) is 0 Å². The Bertz CT molecular complexity index is 670. The molecule has 0 saturated carbocycles. The van der Waals surface area contributed by atoms with Crippen LogP contribution in [0.2, 0.25) is 0 Å². The monoisotopic (exact) mass is 382 g/mol. The summed E-state index contributed by atoms with van der Waals surface area (Å²) in [5, 5.41) is 0. The SMILES string of the molecule is CCCCCCCCCCCCOC1=CC=C(C(=O)c2ccccc2)C(=O)C1. The van der Waals surface area contributed by atoms with E-state index < -0.39 is 0 Å². The molecule has 0 spiro atoms. The number of hydrogen-bond acceptors (Lipinski definition) is 3. The van der Waals surface area contributed by atoms with E-state index in [-0.39, 0.29) is 23.6 Å². The molecule has 3 heteroatoms. The van der Waals surface area contributed by atoms with Crippen molar-refractivity contribution in [2.75, 3.05) is 6.61 Å². The van der Waals surface area contributed by atoms with E-state index in [4.69, 9.17) is 4.74 Å². The van der Waals surface area contributed by atoms with Gasteiger partial charge in [0.05, 0.1) is 18.6 Å². The zero-order valence-electron chi connectivity index (χ0n) is 17.3. The van der Waals surface area contributed by atoms with Gasteiger partial charge < -0.3 is 4.74 Å². The summed E-state index contributed by atoms with van der Waals surface area (Å²) in [6.07, 6.45) is 16.4. The first-order chi connectivity index (χ1) is 13.7. The number of unbranched alkanes of at least 4 members (excludes halogenated alkanes) is 9. The predicted octanol–water partition coefficient (Wildman–Crippen LogP) is 6.59. The van der Waals surface area contributed by atoms with Gasteiger partial charge in [0.25, 0.3) is 0 Å². The highest BCUT2D eigenvalue weighted by molar-refractivity contribution is 6.27. The Kier molecular flexibility index (Phi) is 10.3. The van der Waals surface area contributed by atoms with Crippen molar-refractivity contribution in [3.05, 3.63) is 59.4 Å². The molecule has 1 aromatic rings. The minimum atomic E-state index is -0.212. The lowest BCUT2D eigenvalue weighted by molar-refractivity contribution is -0.115. The van der Waals surface area contributed by atoms with Crippen LogP contribution in [0.3, 0.4) is 0 Å². The normalized spacial score (nSPS) is 13.8. The summed E-state index contributed by atoms with van der Waals surface area (Å²) in [7, 11) is 0. The lowest BCUT2D eigenvalue weighted by Gasteiger charge is -2.14. The Morgan fingerprint density at radius 3 is 2.07 bits per heavy atom. The van der Waals surface area contributed by atoms with Crippen LogP contribution in [0.25, 0.3) is 0 Å². The topological polar surface area (TPSA) is 43.4 Å². The number of Topliss-reactive ketones (excluding diaryl/α,β-unsaturated/α-hetero) is 2. The molecule has 0 radical (unpaired) electrons. The summed E-state index contributed by atoms with van der Waals surface area (Å²) in [5.41, 5.74) is 0.794.